The molecular weight excluding hydrogens is 570 g/mol. The monoisotopic (exact) mass is 642 g/mol. The van der Waals surface area contributed by atoms with Gasteiger partial charge in [0, 0.05) is 6.42 Å². The van der Waals surface area contributed by atoms with Crippen molar-refractivity contribution in [3.05, 3.63) is 24.3 Å². The van der Waals surface area contributed by atoms with Crippen LogP contribution in [-0.4, -0.2) is 41.9 Å². The zero-order valence-corrected chi connectivity index (χ0v) is 29.6. The van der Waals surface area contributed by atoms with E-state index in [1.807, 2.05) is 0 Å². The van der Waals surface area contributed by atoms with Gasteiger partial charge in [-0.3, -0.25) is 9.35 Å². The minimum atomic E-state index is -4.31. The lowest BCUT2D eigenvalue weighted by Crippen LogP contribution is -2.47. The fourth-order valence-electron chi connectivity index (χ4n) is 5.60. The van der Waals surface area contributed by atoms with Crippen molar-refractivity contribution in [3.8, 4) is 0 Å². The van der Waals surface area contributed by atoms with Gasteiger partial charge in [0.05, 0.1) is 17.9 Å². The van der Waals surface area contributed by atoms with Gasteiger partial charge in [0.25, 0.3) is 10.1 Å². The van der Waals surface area contributed by atoms with Gasteiger partial charge in [0.1, 0.15) is 0 Å². The molecule has 0 rings (SSSR count). The Labute approximate surface area is 273 Å². The van der Waals surface area contributed by atoms with Crippen molar-refractivity contribution in [2.24, 2.45) is 0 Å². The molecule has 0 aromatic heterocycles. The van der Waals surface area contributed by atoms with Crippen molar-refractivity contribution >= 4 is 16.0 Å². The molecule has 0 aliphatic rings. The Morgan fingerprint density at radius 1 is 0.614 bits per heavy atom. The molecule has 0 aliphatic carbocycles. The Hall–Kier alpha value is -1.18. The third kappa shape index (κ3) is 32.2. The molecule has 6 nitrogen and oxygen atoms in total. The van der Waals surface area contributed by atoms with Gasteiger partial charge in [0.15, 0.2) is 0 Å². The highest BCUT2D eigenvalue weighted by molar-refractivity contribution is 7.85. The Morgan fingerprint density at radius 3 is 1.52 bits per heavy atom. The van der Waals surface area contributed by atoms with Crippen molar-refractivity contribution in [3.63, 3.8) is 0 Å². The molecule has 3 N–H and O–H groups in total. The summed E-state index contributed by atoms with van der Waals surface area (Å²) in [7, 11) is -4.31. The molecule has 2 unspecified atom stereocenters. The van der Waals surface area contributed by atoms with Crippen LogP contribution in [0.1, 0.15) is 187 Å². The van der Waals surface area contributed by atoms with Crippen LogP contribution in [0.2, 0.25) is 0 Å². The highest BCUT2D eigenvalue weighted by Crippen LogP contribution is 2.15. The SMILES string of the molecule is CCCCC/C=C\C/C=C\CCCCCCCC(=O)NC(CS(=O)(=O)O)C(O)CCCCCCCCCCCCCCCC. The molecule has 0 bridgehead atoms. The average Bonchev–Trinajstić information content (AvgIpc) is 2.98. The van der Waals surface area contributed by atoms with Gasteiger partial charge in [-0.1, -0.05) is 160 Å². The van der Waals surface area contributed by atoms with Crippen molar-refractivity contribution < 1.29 is 22.9 Å². The number of rotatable bonds is 33. The topological polar surface area (TPSA) is 104 Å². The Balaban J connectivity index is 3.95. The molecule has 0 fully saturated rings. The molecule has 44 heavy (non-hydrogen) atoms. The average molecular weight is 642 g/mol. The Bertz CT molecular complexity index is 796. The van der Waals surface area contributed by atoms with E-state index in [0.29, 0.717) is 12.8 Å². The van der Waals surface area contributed by atoms with Crippen LogP contribution in [0.3, 0.4) is 0 Å². The molecule has 7 heteroatoms. The normalized spacial score (nSPS) is 13.6. The number of hydrogen-bond acceptors (Lipinski definition) is 4. The molecule has 0 aromatic carbocycles. The predicted molar refractivity (Wildman–Crippen MR) is 189 cm³/mol. The maximum absolute atomic E-state index is 12.5. The van der Waals surface area contributed by atoms with Crippen molar-refractivity contribution in [2.45, 2.75) is 199 Å². The summed E-state index contributed by atoms with van der Waals surface area (Å²) < 4.78 is 32.4. The molecule has 0 aliphatic heterocycles. The standard InChI is InChI=1S/C37H71NO5S/c1-3-5-7-9-11-13-15-17-19-21-23-25-27-29-31-33-37(40)38-35(34-44(41,42)43)36(39)32-30-28-26-24-22-20-18-16-14-12-10-8-6-4-2/h11,13,17,19,35-36,39H,3-10,12,14-16,18,20-34H2,1-2H3,(H,38,40)(H,41,42,43)/b13-11-,19-17-. The lowest BCUT2D eigenvalue weighted by atomic mass is 10.0. The van der Waals surface area contributed by atoms with E-state index in [-0.39, 0.29) is 5.91 Å². The maximum atomic E-state index is 12.5. The molecule has 2 atom stereocenters. The lowest BCUT2D eigenvalue weighted by Gasteiger charge is -2.23. The summed E-state index contributed by atoms with van der Waals surface area (Å²) >= 11 is 0. The molecular formula is C37H71NO5S. The third-order valence-corrected chi connectivity index (χ3v) is 9.19. The largest absolute Gasteiger partial charge is 0.391 e. The maximum Gasteiger partial charge on any atom is 0.266 e. The summed E-state index contributed by atoms with van der Waals surface area (Å²) in [5.74, 6) is -0.912. The number of allylic oxidation sites excluding steroid dienone is 4. The van der Waals surface area contributed by atoms with Crippen LogP contribution in [0.15, 0.2) is 24.3 Å². The zero-order valence-electron chi connectivity index (χ0n) is 28.8. The molecule has 0 saturated carbocycles. The van der Waals surface area contributed by atoms with Crippen molar-refractivity contribution in [1.29, 1.82) is 0 Å². The van der Waals surface area contributed by atoms with Crippen LogP contribution in [0.5, 0.6) is 0 Å². The summed E-state index contributed by atoms with van der Waals surface area (Å²) in [6.45, 7) is 4.48. The first-order valence-electron chi connectivity index (χ1n) is 18.5. The van der Waals surface area contributed by atoms with Crippen molar-refractivity contribution in [2.75, 3.05) is 5.75 Å². The minimum absolute atomic E-state index is 0.260. The lowest BCUT2D eigenvalue weighted by molar-refractivity contribution is -0.122. The third-order valence-electron chi connectivity index (χ3n) is 8.41. The van der Waals surface area contributed by atoms with Gasteiger partial charge < -0.3 is 10.4 Å². The van der Waals surface area contributed by atoms with Gasteiger partial charge in [-0.2, -0.15) is 8.42 Å². The summed E-state index contributed by atoms with van der Waals surface area (Å²) in [5.41, 5.74) is 0. The van der Waals surface area contributed by atoms with E-state index in [9.17, 15) is 22.9 Å². The summed E-state index contributed by atoms with van der Waals surface area (Å²) in [4.78, 5) is 12.5. The highest BCUT2D eigenvalue weighted by Gasteiger charge is 2.26. The number of aliphatic hydroxyl groups is 1. The Kier molecular flexibility index (Phi) is 30.9. The molecule has 0 aromatic rings. The van der Waals surface area contributed by atoms with Crippen LogP contribution in [-0.2, 0) is 14.9 Å². The van der Waals surface area contributed by atoms with Crippen LogP contribution < -0.4 is 5.32 Å². The second-order valence-corrected chi connectivity index (χ2v) is 14.4. The second-order valence-electron chi connectivity index (χ2n) is 12.9. The number of amides is 1. The fourth-order valence-corrected chi connectivity index (χ4v) is 6.36. The molecule has 0 heterocycles. The van der Waals surface area contributed by atoms with Gasteiger partial charge in [-0.25, -0.2) is 0 Å². The van der Waals surface area contributed by atoms with E-state index in [0.717, 1.165) is 64.2 Å². The summed E-state index contributed by atoms with van der Waals surface area (Å²) in [6, 6.07) is -0.975. The number of nitrogens with one attached hydrogen (secondary N) is 1. The smallest absolute Gasteiger partial charge is 0.266 e. The molecule has 0 radical (unpaired) electrons. The van der Waals surface area contributed by atoms with Gasteiger partial charge in [-0.05, 0) is 44.9 Å². The molecule has 0 spiro atoms. The molecule has 0 saturated heterocycles. The Morgan fingerprint density at radius 2 is 1.02 bits per heavy atom. The van der Waals surface area contributed by atoms with Crippen LogP contribution in [0.25, 0.3) is 0 Å². The van der Waals surface area contributed by atoms with E-state index in [2.05, 4.69) is 43.5 Å². The molecule has 1 amide bonds. The van der Waals surface area contributed by atoms with E-state index in [1.165, 1.54) is 96.3 Å². The van der Waals surface area contributed by atoms with Gasteiger partial charge >= 0.3 is 0 Å². The number of hydrogen-bond donors (Lipinski definition) is 3. The van der Waals surface area contributed by atoms with E-state index >= 15 is 0 Å². The second kappa shape index (κ2) is 31.8. The van der Waals surface area contributed by atoms with Crippen molar-refractivity contribution in [1.82, 2.24) is 5.32 Å². The van der Waals surface area contributed by atoms with E-state index < -0.39 is 28.0 Å². The van der Waals surface area contributed by atoms with Crippen LogP contribution in [0, 0.1) is 0 Å². The van der Waals surface area contributed by atoms with E-state index in [4.69, 9.17) is 0 Å². The van der Waals surface area contributed by atoms with Gasteiger partial charge in [-0.15, -0.1) is 0 Å². The summed E-state index contributed by atoms with van der Waals surface area (Å²) in [6.07, 6.45) is 38.3. The number of carbonyl (C=O) groups is 1. The molecule has 260 valence electrons. The predicted octanol–water partition coefficient (Wildman–Crippen LogP) is 10.4. The van der Waals surface area contributed by atoms with Gasteiger partial charge in [0.2, 0.25) is 5.91 Å². The van der Waals surface area contributed by atoms with Crippen LogP contribution >= 0.6 is 0 Å². The number of aliphatic hydroxyl groups excluding tert-OH is 1. The number of carbonyl (C=O) groups excluding carboxylic acids is 1. The zero-order chi connectivity index (χ0) is 32.6. The van der Waals surface area contributed by atoms with Crippen LogP contribution in [0.4, 0.5) is 0 Å². The quantitative estimate of drug-likeness (QED) is 0.0376. The first-order chi connectivity index (χ1) is 21.3. The minimum Gasteiger partial charge on any atom is -0.391 e. The number of unbranched alkanes of at least 4 members (excludes halogenated alkanes) is 21. The first kappa shape index (κ1) is 42.8. The summed E-state index contributed by atoms with van der Waals surface area (Å²) in [5, 5.41) is 13.3. The highest BCUT2D eigenvalue weighted by atomic mass is 32.2. The fraction of sp³-hybridized carbons (Fsp3) is 0.865. The van der Waals surface area contributed by atoms with E-state index in [1.54, 1.807) is 0 Å². The first-order valence-corrected chi connectivity index (χ1v) is 20.1.